The molecule has 0 spiro atoms. The average Bonchev–Trinajstić information content (AvgIpc) is 2.23. The first-order valence-corrected chi connectivity index (χ1v) is 5.13. The van der Waals surface area contributed by atoms with Crippen LogP contribution in [0.2, 0.25) is 0 Å². The Hall–Kier alpha value is -1.23. The number of primary amides is 1. The number of amides is 1. The van der Waals surface area contributed by atoms with Gasteiger partial charge in [-0.2, -0.15) is 0 Å². The zero-order valence-electron chi connectivity index (χ0n) is 8.62. The Morgan fingerprint density at radius 2 is 2.13 bits per heavy atom. The molecule has 0 bridgehead atoms. The van der Waals surface area contributed by atoms with E-state index in [0.717, 1.165) is 0 Å². The Morgan fingerprint density at radius 1 is 1.40 bits per heavy atom. The first-order chi connectivity index (χ1) is 7.09. The summed E-state index contributed by atoms with van der Waals surface area (Å²) in [4.78, 5) is 33.6. The minimum absolute atomic E-state index is 0.0241. The van der Waals surface area contributed by atoms with Crippen LogP contribution in [-0.4, -0.2) is 30.6 Å². The summed E-state index contributed by atoms with van der Waals surface area (Å²) >= 11 is 0. The van der Waals surface area contributed by atoms with E-state index in [9.17, 15) is 14.4 Å². The fourth-order valence-electron chi connectivity index (χ4n) is 1.69. The van der Waals surface area contributed by atoms with Gasteiger partial charge >= 0.3 is 0 Å². The van der Waals surface area contributed by atoms with Crippen LogP contribution in [0.4, 0.5) is 0 Å². The van der Waals surface area contributed by atoms with Crippen molar-refractivity contribution in [2.75, 3.05) is 13.1 Å². The van der Waals surface area contributed by atoms with E-state index in [-0.39, 0.29) is 23.9 Å². The van der Waals surface area contributed by atoms with Gasteiger partial charge in [0, 0.05) is 31.7 Å². The van der Waals surface area contributed by atoms with E-state index in [2.05, 4.69) is 5.32 Å². The maximum atomic E-state index is 11.6. The smallest absolute Gasteiger partial charge is 0.218 e. The standard InChI is InChI=1S/C10H16N2O3/c11-10(15)5-7-1-2-8(13)6-12-4-3-9(7)14/h7,12H,1-6H2,(H2,11,15). The van der Waals surface area contributed by atoms with Crippen LogP contribution in [0.1, 0.15) is 25.7 Å². The number of hydrogen-bond acceptors (Lipinski definition) is 4. The van der Waals surface area contributed by atoms with Gasteiger partial charge in [0.1, 0.15) is 11.6 Å². The lowest BCUT2D eigenvalue weighted by atomic mass is 9.92. The van der Waals surface area contributed by atoms with Crippen LogP contribution >= 0.6 is 0 Å². The SMILES string of the molecule is NC(=O)CC1CCC(=O)CNCCC1=O. The summed E-state index contributed by atoms with van der Waals surface area (Å²) in [5.41, 5.74) is 5.06. The molecular weight excluding hydrogens is 196 g/mol. The van der Waals surface area contributed by atoms with Crippen molar-refractivity contribution in [1.82, 2.24) is 5.32 Å². The molecule has 1 atom stereocenters. The van der Waals surface area contributed by atoms with Gasteiger partial charge < -0.3 is 11.1 Å². The molecule has 1 saturated heterocycles. The van der Waals surface area contributed by atoms with Gasteiger partial charge in [-0.15, -0.1) is 0 Å². The monoisotopic (exact) mass is 212 g/mol. The number of nitrogens with two attached hydrogens (primary N) is 1. The van der Waals surface area contributed by atoms with Crippen LogP contribution in [-0.2, 0) is 14.4 Å². The summed E-state index contributed by atoms with van der Waals surface area (Å²) in [7, 11) is 0. The second kappa shape index (κ2) is 5.60. The quantitative estimate of drug-likeness (QED) is 0.639. The Labute approximate surface area is 88.4 Å². The lowest BCUT2D eigenvalue weighted by Crippen LogP contribution is -2.25. The third kappa shape index (κ3) is 4.20. The normalized spacial score (nSPS) is 24.1. The molecule has 0 saturated carbocycles. The van der Waals surface area contributed by atoms with Gasteiger partial charge in [0.2, 0.25) is 5.91 Å². The summed E-state index contributed by atoms with van der Waals surface area (Å²) in [6.07, 6.45) is 1.22. The maximum absolute atomic E-state index is 11.6. The van der Waals surface area contributed by atoms with Crippen molar-refractivity contribution < 1.29 is 14.4 Å². The van der Waals surface area contributed by atoms with Crippen molar-refractivity contribution in [3.63, 3.8) is 0 Å². The fourth-order valence-corrected chi connectivity index (χ4v) is 1.69. The summed E-state index contributed by atoms with van der Waals surface area (Å²) in [6.45, 7) is 0.816. The molecular formula is C10H16N2O3. The van der Waals surface area contributed by atoms with Crippen LogP contribution in [0.25, 0.3) is 0 Å². The van der Waals surface area contributed by atoms with Gasteiger partial charge in [-0.25, -0.2) is 0 Å². The highest BCUT2D eigenvalue weighted by Crippen LogP contribution is 2.15. The molecule has 1 unspecified atom stereocenters. The second-order valence-electron chi connectivity index (χ2n) is 3.84. The molecule has 1 rings (SSSR count). The largest absolute Gasteiger partial charge is 0.370 e. The third-order valence-electron chi connectivity index (χ3n) is 2.54. The molecule has 0 aliphatic carbocycles. The van der Waals surface area contributed by atoms with Crippen molar-refractivity contribution in [2.45, 2.75) is 25.7 Å². The topological polar surface area (TPSA) is 89.3 Å². The second-order valence-corrected chi connectivity index (χ2v) is 3.84. The Bertz CT molecular complexity index is 276. The zero-order chi connectivity index (χ0) is 11.3. The number of rotatable bonds is 2. The van der Waals surface area contributed by atoms with Gasteiger partial charge in [-0.3, -0.25) is 14.4 Å². The van der Waals surface area contributed by atoms with Crippen molar-refractivity contribution in [3.8, 4) is 0 Å². The van der Waals surface area contributed by atoms with Crippen LogP contribution in [0, 0.1) is 5.92 Å². The van der Waals surface area contributed by atoms with E-state index in [1.807, 2.05) is 0 Å². The van der Waals surface area contributed by atoms with Gasteiger partial charge in [0.15, 0.2) is 0 Å². The molecule has 5 nitrogen and oxygen atoms in total. The summed E-state index contributed by atoms with van der Waals surface area (Å²) < 4.78 is 0. The van der Waals surface area contributed by atoms with E-state index in [1.54, 1.807) is 0 Å². The number of nitrogens with one attached hydrogen (secondary N) is 1. The highest BCUT2D eigenvalue weighted by molar-refractivity contribution is 5.88. The highest BCUT2D eigenvalue weighted by atomic mass is 16.1. The first-order valence-electron chi connectivity index (χ1n) is 5.13. The molecule has 0 aromatic rings. The number of carbonyl (C=O) groups is 3. The first kappa shape index (κ1) is 11.8. The van der Waals surface area contributed by atoms with Crippen LogP contribution in [0.5, 0.6) is 0 Å². The van der Waals surface area contributed by atoms with Crippen molar-refractivity contribution in [1.29, 1.82) is 0 Å². The number of Topliss-reactive ketones (excluding diaryl/α,β-unsaturated/α-hetero) is 2. The van der Waals surface area contributed by atoms with Crippen LogP contribution in [0.3, 0.4) is 0 Å². The molecule has 84 valence electrons. The molecule has 0 aromatic carbocycles. The fraction of sp³-hybridized carbons (Fsp3) is 0.700. The van der Waals surface area contributed by atoms with E-state index in [0.29, 0.717) is 32.4 Å². The predicted molar refractivity (Wildman–Crippen MR) is 54.0 cm³/mol. The summed E-state index contributed by atoms with van der Waals surface area (Å²) in [6, 6.07) is 0. The van der Waals surface area contributed by atoms with Crippen molar-refractivity contribution >= 4 is 17.5 Å². The highest BCUT2D eigenvalue weighted by Gasteiger charge is 2.22. The average molecular weight is 212 g/mol. The third-order valence-corrected chi connectivity index (χ3v) is 2.54. The van der Waals surface area contributed by atoms with Gasteiger partial charge in [0.25, 0.3) is 0 Å². The molecule has 1 aliphatic heterocycles. The van der Waals surface area contributed by atoms with Crippen molar-refractivity contribution in [3.05, 3.63) is 0 Å². The molecule has 1 fully saturated rings. The summed E-state index contributed by atoms with van der Waals surface area (Å²) in [5.74, 6) is -0.741. The lowest BCUT2D eigenvalue weighted by Gasteiger charge is -2.11. The van der Waals surface area contributed by atoms with E-state index >= 15 is 0 Å². The summed E-state index contributed by atoms with van der Waals surface area (Å²) in [5, 5.41) is 2.89. The Balaban J connectivity index is 2.59. The van der Waals surface area contributed by atoms with Gasteiger partial charge in [-0.05, 0) is 6.42 Å². The number of ketones is 2. The molecule has 0 aromatic heterocycles. The lowest BCUT2D eigenvalue weighted by molar-refractivity contribution is -0.128. The van der Waals surface area contributed by atoms with Gasteiger partial charge in [0.05, 0.1) is 6.54 Å². The Morgan fingerprint density at radius 3 is 2.80 bits per heavy atom. The molecule has 15 heavy (non-hydrogen) atoms. The minimum atomic E-state index is -0.479. The molecule has 3 N–H and O–H groups in total. The van der Waals surface area contributed by atoms with Crippen molar-refractivity contribution in [2.24, 2.45) is 11.7 Å². The minimum Gasteiger partial charge on any atom is -0.370 e. The predicted octanol–water partition coefficient (Wildman–Crippen LogP) is -0.610. The number of carbonyl (C=O) groups excluding carboxylic acids is 3. The molecule has 1 aliphatic rings. The van der Waals surface area contributed by atoms with E-state index in [1.165, 1.54) is 0 Å². The molecule has 0 radical (unpaired) electrons. The molecule has 5 heteroatoms. The van der Waals surface area contributed by atoms with E-state index < -0.39 is 5.91 Å². The number of hydrogen-bond donors (Lipinski definition) is 2. The van der Waals surface area contributed by atoms with Crippen LogP contribution in [0.15, 0.2) is 0 Å². The van der Waals surface area contributed by atoms with E-state index in [4.69, 9.17) is 5.73 Å². The molecule has 1 heterocycles. The van der Waals surface area contributed by atoms with Crippen LogP contribution < -0.4 is 11.1 Å². The molecule has 1 amide bonds. The van der Waals surface area contributed by atoms with Gasteiger partial charge in [-0.1, -0.05) is 0 Å². The zero-order valence-corrected chi connectivity index (χ0v) is 8.62. The maximum Gasteiger partial charge on any atom is 0.218 e. The Kier molecular flexibility index (Phi) is 4.42.